The molecule has 0 unspecified atom stereocenters. The number of carbonyl (C=O) groups is 4. The number of ketones is 1. The summed E-state index contributed by atoms with van der Waals surface area (Å²) in [7, 11) is 0. The Kier molecular flexibility index (Phi) is 7.06. The summed E-state index contributed by atoms with van der Waals surface area (Å²) >= 11 is 1.25. The van der Waals surface area contributed by atoms with E-state index < -0.39 is 18.0 Å². The molecule has 0 fully saturated rings. The average molecular weight is 445 g/mol. The summed E-state index contributed by atoms with van der Waals surface area (Å²) in [6, 6.07) is 6.29. The van der Waals surface area contributed by atoms with Crippen molar-refractivity contribution < 1.29 is 28.7 Å². The Balaban J connectivity index is 1.88. The predicted octanol–water partition coefficient (Wildman–Crippen LogP) is 3.89. The number of benzene rings is 1. The van der Waals surface area contributed by atoms with Crippen LogP contribution in [0, 0.1) is 0 Å². The molecule has 2 aromatic rings. The highest BCUT2D eigenvalue weighted by Crippen LogP contribution is 2.38. The number of esters is 1. The molecule has 1 aliphatic heterocycles. The molecule has 8 nitrogen and oxygen atoms in total. The number of anilines is 1. The largest absolute Gasteiger partial charge is 0.462 e. The zero-order valence-corrected chi connectivity index (χ0v) is 18.5. The van der Waals surface area contributed by atoms with Crippen LogP contribution in [-0.2, 0) is 22.4 Å². The summed E-state index contributed by atoms with van der Waals surface area (Å²) in [5.41, 5.74) is 1.99. The predicted molar refractivity (Wildman–Crippen MR) is 116 cm³/mol. The van der Waals surface area contributed by atoms with E-state index in [2.05, 4.69) is 5.32 Å². The molecular weight excluding hydrogens is 420 g/mol. The molecule has 164 valence electrons. The maximum atomic E-state index is 12.8. The number of Topliss-reactive ketones (excluding diaryl/α,β-unsaturated/α-hetero) is 1. The molecule has 9 heteroatoms. The van der Waals surface area contributed by atoms with Crippen molar-refractivity contribution in [1.82, 2.24) is 4.90 Å². The average Bonchev–Trinajstić information content (AvgIpc) is 3.11. The summed E-state index contributed by atoms with van der Waals surface area (Å²) in [5, 5.41) is 3.18. The van der Waals surface area contributed by atoms with Crippen LogP contribution in [0.25, 0.3) is 0 Å². The van der Waals surface area contributed by atoms with Gasteiger partial charge in [0.05, 0.1) is 25.3 Å². The highest BCUT2D eigenvalue weighted by molar-refractivity contribution is 7.17. The Bertz CT molecular complexity index is 1010. The Hall–Kier alpha value is -3.20. The molecule has 2 heterocycles. The van der Waals surface area contributed by atoms with Gasteiger partial charge in [-0.15, -0.1) is 11.3 Å². The van der Waals surface area contributed by atoms with E-state index in [1.165, 1.54) is 18.3 Å². The van der Waals surface area contributed by atoms with Crippen molar-refractivity contribution in [3.05, 3.63) is 51.4 Å². The second kappa shape index (κ2) is 9.74. The molecule has 0 atom stereocenters. The van der Waals surface area contributed by atoms with Crippen LogP contribution in [0.1, 0.15) is 62.3 Å². The molecule has 3 rings (SSSR count). The number of nitrogens with zero attached hydrogens (tertiary/aromatic N) is 1. The van der Waals surface area contributed by atoms with E-state index >= 15 is 0 Å². The van der Waals surface area contributed by atoms with Crippen LogP contribution < -0.4 is 5.32 Å². The maximum Gasteiger partial charge on any atom is 0.410 e. The van der Waals surface area contributed by atoms with E-state index in [9.17, 15) is 19.2 Å². The fraction of sp³-hybridized carbons (Fsp3) is 0.364. The quantitative estimate of drug-likeness (QED) is 0.536. The summed E-state index contributed by atoms with van der Waals surface area (Å²) in [6.07, 6.45) is 0.0532. The van der Waals surface area contributed by atoms with Gasteiger partial charge in [-0.05, 0) is 44.9 Å². The fourth-order valence-electron chi connectivity index (χ4n) is 3.31. The first kappa shape index (κ1) is 22.5. The number of amides is 2. The van der Waals surface area contributed by atoms with E-state index in [1.54, 1.807) is 43.0 Å². The second-order valence-electron chi connectivity index (χ2n) is 6.89. The smallest absolute Gasteiger partial charge is 0.410 e. The third-order valence-electron chi connectivity index (χ3n) is 4.84. The molecule has 1 N–H and O–H groups in total. The highest BCUT2D eigenvalue weighted by Gasteiger charge is 2.31. The lowest BCUT2D eigenvalue weighted by Gasteiger charge is -2.26. The van der Waals surface area contributed by atoms with Crippen molar-refractivity contribution in [3.63, 3.8) is 0 Å². The Labute approximate surface area is 184 Å². The lowest BCUT2D eigenvalue weighted by atomic mass is 10.0. The molecule has 31 heavy (non-hydrogen) atoms. The summed E-state index contributed by atoms with van der Waals surface area (Å²) in [6.45, 7) is 6.12. The van der Waals surface area contributed by atoms with E-state index in [1.807, 2.05) is 0 Å². The van der Waals surface area contributed by atoms with Crippen molar-refractivity contribution in [1.29, 1.82) is 0 Å². The summed E-state index contributed by atoms with van der Waals surface area (Å²) < 4.78 is 10.3. The number of rotatable bonds is 6. The van der Waals surface area contributed by atoms with Crippen molar-refractivity contribution in [2.45, 2.75) is 33.7 Å². The van der Waals surface area contributed by atoms with Gasteiger partial charge in [-0.2, -0.15) is 0 Å². The molecule has 0 saturated carbocycles. The van der Waals surface area contributed by atoms with Crippen molar-refractivity contribution in [2.75, 3.05) is 25.1 Å². The number of hydrogen-bond donors (Lipinski definition) is 1. The summed E-state index contributed by atoms with van der Waals surface area (Å²) in [5.74, 6) is -0.998. The van der Waals surface area contributed by atoms with Crippen molar-refractivity contribution in [2.24, 2.45) is 0 Å². The third-order valence-corrected chi connectivity index (χ3v) is 5.98. The van der Waals surface area contributed by atoms with E-state index in [0.29, 0.717) is 41.2 Å². The van der Waals surface area contributed by atoms with Gasteiger partial charge < -0.3 is 19.7 Å². The Morgan fingerprint density at radius 1 is 1.03 bits per heavy atom. The zero-order valence-electron chi connectivity index (χ0n) is 17.6. The van der Waals surface area contributed by atoms with Gasteiger partial charge in [-0.1, -0.05) is 12.1 Å². The first-order valence-corrected chi connectivity index (χ1v) is 10.8. The zero-order chi connectivity index (χ0) is 22.5. The number of hydrogen-bond acceptors (Lipinski definition) is 7. The molecule has 0 radical (unpaired) electrons. The molecule has 2 amide bonds. The molecule has 0 bridgehead atoms. The second-order valence-corrected chi connectivity index (χ2v) is 7.99. The topological polar surface area (TPSA) is 102 Å². The highest BCUT2D eigenvalue weighted by atomic mass is 32.1. The number of fused-ring (bicyclic) bond motifs is 1. The van der Waals surface area contributed by atoms with Crippen molar-refractivity contribution >= 4 is 40.1 Å². The van der Waals surface area contributed by atoms with Crippen LogP contribution in [0.5, 0.6) is 0 Å². The fourth-order valence-corrected chi connectivity index (χ4v) is 4.56. The van der Waals surface area contributed by atoms with Gasteiger partial charge in [0.1, 0.15) is 5.00 Å². The van der Waals surface area contributed by atoms with Crippen LogP contribution in [0.3, 0.4) is 0 Å². The molecule has 1 aromatic heterocycles. The minimum Gasteiger partial charge on any atom is -0.462 e. The Morgan fingerprint density at radius 2 is 1.68 bits per heavy atom. The number of carbonyl (C=O) groups excluding carboxylic acids is 4. The lowest BCUT2D eigenvalue weighted by Crippen LogP contribution is -2.36. The first-order chi connectivity index (χ1) is 14.8. The minimum absolute atomic E-state index is 0.0892. The summed E-state index contributed by atoms with van der Waals surface area (Å²) in [4.78, 5) is 51.3. The van der Waals surface area contributed by atoms with Gasteiger partial charge >= 0.3 is 12.1 Å². The van der Waals surface area contributed by atoms with Crippen LogP contribution >= 0.6 is 11.3 Å². The number of nitrogens with one attached hydrogen (secondary N) is 1. The van der Waals surface area contributed by atoms with Gasteiger partial charge in [0.15, 0.2) is 5.78 Å². The van der Waals surface area contributed by atoms with Gasteiger partial charge in [0.2, 0.25) is 0 Å². The van der Waals surface area contributed by atoms with E-state index in [-0.39, 0.29) is 19.0 Å². The number of thiophene rings is 1. The van der Waals surface area contributed by atoms with Gasteiger partial charge in [0.25, 0.3) is 5.91 Å². The van der Waals surface area contributed by atoms with Gasteiger partial charge in [-0.25, -0.2) is 9.59 Å². The third kappa shape index (κ3) is 4.93. The first-order valence-electron chi connectivity index (χ1n) is 10.0. The van der Waals surface area contributed by atoms with Gasteiger partial charge in [0, 0.05) is 22.5 Å². The molecule has 0 spiro atoms. The van der Waals surface area contributed by atoms with E-state index in [4.69, 9.17) is 9.47 Å². The molecule has 1 aromatic carbocycles. The van der Waals surface area contributed by atoms with Crippen LogP contribution in [0.4, 0.5) is 9.80 Å². The normalized spacial score (nSPS) is 12.7. The number of ether oxygens (including phenoxy) is 2. The SMILES string of the molecule is CCOC(=O)c1c(NC(=O)c2ccc(C(C)=O)cc2)sc2c1CCN(C(=O)OCC)C2. The van der Waals surface area contributed by atoms with Crippen molar-refractivity contribution in [3.8, 4) is 0 Å². The molecule has 0 saturated heterocycles. The molecule has 0 aliphatic carbocycles. The Morgan fingerprint density at radius 3 is 2.29 bits per heavy atom. The van der Waals surface area contributed by atoms with Gasteiger partial charge in [-0.3, -0.25) is 9.59 Å². The monoisotopic (exact) mass is 444 g/mol. The minimum atomic E-state index is -0.508. The van der Waals surface area contributed by atoms with E-state index in [0.717, 1.165) is 10.4 Å². The lowest BCUT2D eigenvalue weighted by molar-refractivity contribution is 0.0526. The molecule has 1 aliphatic rings. The van der Waals surface area contributed by atoms with Crippen LogP contribution in [0.2, 0.25) is 0 Å². The van der Waals surface area contributed by atoms with Crippen LogP contribution in [0.15, 0.2) is 24.3 Å². The van der Waals surface area contributed by atoms with Crippen LogP contribution in [-0.4, -0.2) is 48.4 Å². The molecular formula is C22H24N2O6S. The standard InChI is InChI=1S/C22H24N2O6S/c1-4-29-21(27)18-16-10-11-24(22(28)30-5-2)12-17(16)31-20(18)23-19(26)15-8-6-14(7-9-15)13(3)25/h6-9H,4-5,10-12H2,1-3H3,(H,23,26). The maximum absolute atomic E-state index is 12.8.